The van der Waals surface area contributed by atoms with Crippen molar-refractivity contribution in [2.75, 3.05) is 0 Å². The molecule has 0 amide bonds. The summed E-state index contributed by atoms with van der Waals surface area (Å²) in [5.74, 6) is 0. The van der Waals surface area contributed by atoms with Crippen molar-refractivity contribution in [2.45, 2.75) is 12.8 Å². The van der Waals surface area contributed by atoms with E-state index in [1.165, 1.54) is 0 Å². The quantitative estimate of drug-likeness (QED) is 0.810. The summed E-state index contributed by atoms with van der Waals surface area (Å²) in [6, 6.07) is 7.33. The molecule has 1 aromatic carbocycles. The monoisotopic (exact) mass is 253 g/mol. The van der Waals surface area contributed by atoms with E-state index in [1.807, 2.05) is 18.3 Å². The number of aryl methyl sites for hydroxylation is 1. The van der Waals surface area contributed by atoms with Gasteiger partial charge in [0.2, 0.25) is 0 Å². The SMILES string of the molecule is [CH2]CCc1ccn(-c2ccc(Cl)cc2Cl)n1. The molecule has 83 valence electrons. The van der Waals surface area contributed by atoms with Crippen molar-refractivity contribution in [3.63, 3.8) is 0 Å². The number of hydrogen-bond donors (Lipinski definition) is 0. The van der Waals surface area contributed by atoms with E-state index in [2.05, 4.69) is 12.0 Å². The molecule has 0 N–H and O–H groups in total. The van der Waals surface area contributed by atoms with Crippen LogP contribution in [0.1, 0.15) is 12.1 Å². The number of rotatable bonds is 3. The normalized spacial score (nSPS) is 10.7. The summed E-state index contributed by atoms with van der Waals surface area (Å²) < 4.78 is 1.75. The number of halogens is 2. The molecule has 0 aliphatic rings. The molecule has 0 aliphatic carbocycles. The van der Waals surface area contributed by atoms with Crippen LogP contribution in [0.3, 0.4) is 0 Å². The fourth-order valence-electron chi connectivity index (χ4n) is 1.48. The van der Waals surface area contributed by atoms with Gasteiger partial charge in [-0.3, -0.25) is 0 Å². The lowest BCUT2D eigenvalue weighted by molar-refractivity contribution is 0.824. The molecule has 0 saturated carbocycles. The molecule has 0 fully saturated rings. The third kappa shape index (κ3) is 2.39. The molecule has 16 heavy (non-hydrogen) atoms. The lowest BCUT2D eigenvalue weighted by atomic mass is 10.3. The number of aromatic nitrogens is 2. The maximum absolute atomic E-state index is 6.09. The van der Waals surface area contributed by atoms with Crippen molar-refractivity contribution in [3.05, 3.63) is 53.1 Å². The van der Waals surface area contributed by atoms with E-state index < -0.39 is 0 Å². The van der Waals surface area contributed by atoms with Crippen LogP contribution in [0.5, 0.6) is 0 Å². The summed E-state index contributed by atoms with van der Waals surface area (Å²) in [5, 5.41) is 5.63. The van der Waals surface area contributed by atoms with Crippen molar-refractivity contribution >= 4 is 23.2 Å². The zero-order valence-corrected chi connectivity index (χ0v) is 10.2. The molecule has 0 unspecified atom stereocenters. The predicted molar refractivity (Wildman–Crippen MR) is 67.3 cm³/mol. The Morgan fingerprint density at radius 2 is 2.06 bits per heavy atom. The van der Waals surface area contributed by atoms with Gasteiger partial charge < -0.3 is 0 Å². The molecular formula is C12H11Cl2N2. The van der Waals surface area contributed by atoms with E-state index in [1.54, 1.807) is 16.8 Å². The molecule has 4 heteroatoms. The zero-order chi connectivity index (χ0) is 11.5. The van der Waals surface area contributed by atoms with Crippen molar-refractivity contribution in [2.24, 2.45) is 0 Å². The summed E-state index contributed by atoms with van der Waals surface area (Å²) in [4.78, 5) is 0. The molecule has 1 aromatic heterocycles. The predicted octanol–water partition coefficient (Wildman–Crippen LogP) is 3.95. The minimum Gasteiger partial charge on any atom is -0.239 e. The first-order valence-corrected chi connectivity index (χ1v) is 5.75. The number of benzene rings is 1. The Bertz CT molecular complexity index is 492. The van der Waals surface area contributed by atoms with Gasteiger partial charge in [0, 0.05) is 11.2 Å². The van der Waals surface area contributed by atoms with Gasteiger partial charge in [-0.15, -0.1) is 0 Å². The summed E-state index contributed by atoms with van der Waals surface area (Å²) in [6.07, 6.45) is 3.60. The second-order valence-corrected chi connectivity index (χ2v) is 4.29. The number of nitrogens with zero attached hydrogens (tertiary/aromatic N) is 2. The fraction of sp³-hybridized carbons (Fsp3) is 0.167. The van der Waals surface area contributed by atoms with Crippen LogP contribution in [0.2, 0.25) is 10.0 Å². The minimum atomic E-state index is 0.594. The molecule has 0 saturated heterocycles. The zero-order valence-electron chi connectivity index (χ0n) is 8.66. The molecule has 2 rings (SSSR count). The van der Waals surface area contributed by atoms with Crippen LogP contribution < -0.4 is 0 Å². The Balaban J connectivity index is 2.35. The van der Waals surface area contributed by atoms with Gasteiger partial charge in [0.05, 0.1) is 16.4 Å². The van der Waals surface area contributed by atoms with E-state index in [4.69, 9.17) is 23.2 Å². The largest absolute Gasteiger partial charge is 0.239 e. The smallest absolute Gasteiger partial charge is 0.0832 e. The molecule has 2 nitrogen and oxygen atoms in total. The van der Waals surface area contributed by atoms with E-state index in [9.17, 15) is 0 Å². The summed E-state index contributed by atoms with van der Waals surface area (Å²) >= 11 is 11.9. The van der Waals surface area contributed by atoms with E-state index in [-0.39, 0.29) is 0 Å². The van der Waals surface area contributed by atoms with Crippen molar-refractivity contribution in [3.8, 4) is 5.69 Å². The van der Waals surface area contributed by atoms with Gasteiger partial charge in [-0.25, -0.2) is 4.68 Å². The molecule has 0 aliphatic heterocycles. The maximum atomic E-state index is 6.09. The molecular weight excluding hydrogens is 243 g/mol. The van der Waals surface area contributed by atoms with Crippen molar-refractivity contribution < 1.29 is 0 Å². The van der Waals surface area contributed by atoms with Crippen LogP contribution in [0, 0.1) is 6.92 Å². The van der Waals surface area contributed by atoms with Gasteiger partial charge in [0.1, 0.15) is 0 Å². The topological polar surface area (TPSA) is 17.8 Å². The first kappa shape index (κ1) is 11.5. The Morgan fingerprint density at radius 1 is 1.25 bits per heavy atom. The van der Waals surface area contributed by atoms with Crippen molar-refractivity contribution in [1.82, 2.24) is 9.78 Å². The van der Waals surface area contributed by atoms with Crippen LogP contribution in [-0.2, 0) is 6.42 Å². The Kier molecular flexibility index (Phi) is 3.52. The van der Waals surface area contributed by atoms with Gasteiger partial charge in [0.25, 0.3) is 0 Å². The average molecular weight is 254 g/mol. The van der Waals surface area contributed by atoms with Gasteiger partial charge >= 0.3 is 0 Å². The molecule has 0 bridgehead atoms. The second-order valence-electron chi connectivity index (χ2n) is 3.45. The van der Waals surface area contributed by atoms with Crippen LogP contribution in [0.15, 0.2) is 30.5 Å². The molecule has 0 atom stereocenters. The van der Waals surface area contributed by atoms with Crippen molar-refractivity contribution in [1.29, 1.82) is 0 Å². The Morgan fingerprint density at radius 3 is 2.75 bits per heavy atom. The van der Waals surface area contributed by atoms with Gasteiger partial charge in [-0.2, -0.15) is 5.10 Å². The molecule has 0 spiro atoms. The standard InChI is InChI=1S/C12H11Cl2N2/c1-2-3-10-6-7-16(15-10)12-5-4-9(13)8-11(12)14/h4-8H,1-3H2. The van der Waals surface area contributed by atoms with Gasteiger partial charge in [-0.05, 0) is 37.1 Å². The van der Waals surface area contributed by atoms with E-state index >= 15 is 0 Å². The van der Waals surface area contributed by atoms with Crippen LogP contribution >= 0.6 is 23.2 Å². The third-order valence-corrected chi connectivity index (χ3v) is 2.77. The summed E-state index contributed by atoms with van der Waals surface area (Å²) in [6.45, 7) is 3.80. The highest BCUT2D eigenvalue weighted by Gasteiger charge is 2.05. The average Bonchev–Trinajstić information content (AvgIpc) is 2.67. The highest BCUT2D eigenvalue weighted by molar-refractivity contribution is 6.35. The number of hydrogen-bond acceptors (Lipinski definition) is 1. The summed E-state index contributed by atoms with van der Waals surface area (Å²) in [7, 11) is 0. The molecule has 1 radical (unpaired) electrons. The summed E-state index contributed by atoms with van der Waals surface area (Å²) in [5.41, 5.74) is 1.85. The van der Waals surface area contributed by atoms with E-state index in [0.717, 1.165) is 24.2 Å². The first-order chi connectivity index (χ1) is 7.70. The highest BCUT2D eigenvalue weighted by atomic mass is 35.5. The van der Waals surface area contributed by atoms with Crippen LogP contribution in [0.4, 0.5) is 0 Å². The molecule has 2 aromatic rings. The minimum absolute atomic E-state index is 0.594. The van der Waals surface area contributed by atoms with Gasteiger partial charge in [-0.1, -0.05) is 30.1 Å². The fourth-order valence-corrected chi connectivity index (χ4v) is 1.97. The molecule has 1 heterocycles. The van der Waals surface area contributed by atoms with Gasteiger partial charge in [0.15, 0.2) is 0 Å². The highest BCUT2D eigenvalue weighted by Crippen LogP contribution is 2.23. The third-order valence-electron chi connectivity index (χ3n) is 2.23. The lowest BCUT2D eigenvalue weighted by Gasteiger charge is -2.04. The second kappa shape index (κ2) is 4.89. The maximum Gasteiger partial charge on any atom is 0.0832 e. The first-order valence-electron chi connectivity index (χ1n) is 5.00. The Labute approximate surface area is 105 Å². The lowest BCUT2D eigenvalue weighted by Crippen LogP contribution is -1.97. The van der Waals surface area contributed by atoms with E-state index in [0.29, 0.717) is 10.0 Å². The van der Waals surface area contributed by atoms with Crippen LogP contribution in [-0.4, -0.2) is 9.78 Å². The Hall–Kier alpha value is -0.990. The van der Waals surface area contributed by atoms with Crippen LogP contribution in [0.25, 0.3) is 5.69 Å².